The Hall–Kier alpha value is -3.08. The van der Waals surface area contributed by atoms with Gasteiger partial charge in [-0.2, -0.15) is 0 Å². The van der Waals surface area contributed by atoms with Crippen LogP contribution in [0.1, 0.15) is 0 Å². The summed E-state index contributed by atoms with van der Waals surface area (Å²) in [6.45, 7) is -1.09. The van der Waals surface area contributed by atoms with E-state index in [-0.39, 0.29) is 0 Å². The van der Waals surface area contributed by atoms with Crippen molar-refractivity contribution >= 4 is 27.4 Å². The molecule has 0 unspecified atom stereocenters. The van der Waals surface area contributed by atoms with E-state index in [1.807, 2.05) is 0 Å². The van der Waals surface area contributed by atoms with E-state index >= 15 is 0 Å². The van der Waals surface area contributed by atoms with Gasteiger partial charge in [-0.25, -0.2) is 17.2 Å². The Kier molecular flexibility index (Phi) is 4.97. The van der Waals surface area contributed by atoms with Crippen LogP contribution in [0.3, 0.4) is 0 Å². The van der Waals surface area contributed by atoms with Gasteiger partial charge in [-0.15, -0.1) is 0 Å². The van der Waals surface area contributed by atoms with Crippen LogP contribution >= 0.6 is 0 Å². The largest absolute Gasteiger partial charge is 0.480 e. The number of nitrogens with zero attached hydrogens (tertiary/aromatic N) is 2. The van der Waals surface area contributed by atoms with Crippen LogP contribution in [-0.4, -0.2) is 31.0 Å². The second-order valence-electron chi connectivity index (χ2n) is 4.76. The molecule has 132 valence electrons. The lowest BCUT2D eigenvalue weighted by molar-refractivity contribution is -0.385. The highest BCUT2D eigenvalue weighted by molar-refractivity contribution is 7.92. The maximum Gasteiger partial charge on any atom is 0.324 e. The zero-order valence-electron chi connectivity index (χ0n) is 12.3. The minimum Gasteiger partial charge on any atom is -0.480 e. The van der Waals surface area contributed by atoms with Crippen molar-refractivity contribution in [2.24, 2.45) is 0 Å². The number of carboxylic acids is 1. The summed E-state index contributed by atoms with van der Waals surface area (Å²) in [4.78, 5) is 20.4. The fourth-order valence-electron chi connectivity index (χ4n) is 1.96. The number of hydrogen-bond donors (Lipinski definition) is 1. The van der Waals surface area contributed by atoms with E-state index in [0.717, 1.165) is 30.3 Å². The lowest BCUT2D eigenvalue weighted by Crippen LogP contribution is -2.35. The Balaban J connectivity index is 2.59. The first-order valence-corrected chi connectivity index (χ1v) is 8.01. The van der Waals surface area contributed by atoms with E-state index in [4.69, 9.17) is 5.11 Å². The topological polar surface area (TPSA) is 118 Å². The summed E-state index contributed by atoms with van der Waals surface area (Å²) in [6.07, 6.45) is 0. The molecule has 0 fully saturated rings. The highest BCUT2D eigenvalue weighted by Gasteiger charge is 2.29. The van der Waals surface area contributed by atoms with Gasteiger partial charge in [0.15, 0.2) is 11.6 Å². The number of carboxylic acid groups (broad SMARTS) is 1. The molecule has 2 aromatic rings. The Morgan fingerprint density at radius 1 is 1.16 bits per heavy atom. The van der Waals surface area contributed by atoms with Crippen molar-refractivity contribution in [3.8, 4) is 0 Å². The number of nitro benzene ring substituents is 1. The van der Waals surface area contributed by atoms with E-state index in [1.54, 1.807) is 0 Å². The molecule has 0 atom stereocenters. The van der Waals surface area contributed by atoms with Crippen molar-refractivity contribution in [1.82, 2.24) is 0 Å². The zero-order chi connectivity index (χ0) is 18.8. The van der Waals surface area contributed by atoms with Gasteiger partial charge < -0.3 is 5.11 Å². The molecular weight excluding hydrogens is 362 g/mol. The number of anilines is 1. The Bertz CT molecular complexity index is 948. The molecule has 0 amide bonds. The highest BCUT2D eigenvalue weighted by Crippen LogP contribution is 2.27. The van der Waals surface area contributed by atoms with Crippen molar-refractivity contribution in [2.45, 2.75) is 4.90 Å². The molecule has 0 saturated heterocycles. The molecule has 0 aromatic heterocycles. The molecule has 0 heterocycles. The van der Waals surface area contributed by atoms with Crippen molar-refractivity contribution in [1.29, 1.82) is 0 Å². The SMILES string of the molecule is O=C(O)CN(c1ccc(F)c(F)c1)S(=O)(=O)c1cccc([N+](=O)[O-])c1. The summed E-state index contributed by atoms with van der Waals surface area (Å²) in [6, 6.07) is 5.97. The average molecular weight is 372 g/mol. The van der Waals surface area contributed by atoms with Gasteiger partial charge in [0.2, 0.25) is 0 Å². The molecule has 0 saturated carbocycles. The van der Waals surface area contributed by atoms with E-state index in [2.05, 4.69) is 0 Å². The molecule has 8 nitrogen and oxygen atoms in total. The van der Waals surface area contributed by atoms with Gasteiger partial charge in [-0.1, -0.05) is 6.07 Å². The summed E-state index contributed by atoms with van der Waals surface area (Å²) in [7, 11) is -4.58. The Morgan fingerprint density at radius 2 is 1.84 bits per heavy atom. The predicted molar refractivity (Wildman–Crippen MR) is 81.6 cm³/mol. The van der Waals surface area contributed by atoms with Crippen LogP contribution in [0.15, 0.2) is 47.4 Å². The predicted octanol–water partition coefficient (Wildman–Crippen LogP) is 2.15. The molecule has 11 heteroatoms. The third kappa shape index (κ3) is 3.88. The van der Waals surface area contributed by atoms with Gasteiger partial charge in [0, 0.05) is 18.2 Å². The van der Waals surface area contributed by atoms with Crippen LogP contribution in [-0.2, 0) is 14.8 Å². The smallest absolute Gasteiger partial charge is 0.324 e. The van der Waals surface area contributed by atoms with Gasteiger partial charge in [0.05, 0.1) is 15.5 Å². The molecule has 0 aliphatic heterocycles. The molecule has 2 rings (SSSR count). The normalized spacial score (nSPS) is 11.1. The van der Waals surface area contributed by atoms with E-state index < -0.39 is 55.4 Å². The number of sulfonamides is 1. The first-order chi connectivity index (χ1) is 11.6. The monoisotopic (exact) mass is 372 g/mol. The first kappa shape index (κ1) is 18.3. The third-order valence-corrected chi connectivity index (χ3v) is 4.86. The summed E-state index contributed by atoms with van der Waals surface area (Å²) in [5.74, 6) is -4.17. The molecule has 2 aromatic carbocycles. The third-order valence-electron chi connectivity index (χ3n) is 3.09. The standard InChI is InChI=1S/C14H10F2N2O6S/c15-12-5-4-9(7-13(12)16)17(8-14(19)20)25(23,24)11-3-1-2-10(6-11)18(21)22/h1-7H,8H2,(H,19,20). The summed E-state index contributed by atoms with van der Waals surface area (Å²) in [5, 5.41) is 19.7. The number of carbonyl (C=O) groups is 1. The molecule has 0 bridgehead atoms. The minimum atomic E-state index is -4.58. The van der Waals surface area contributed by atoms with Gasteiger partial charge in [0.1, 0.15) is 6.54 Å². The number of rotatable bonds is 6. The number of non-ortho nitro benzene ring substituents is 1. The molecular formula is C14H10F2N2O6S. The number of benzene rings is 2. The second-order valence-corrected chi connectivity index (χ2v) is 6.62. The van der Waals surface area contributed by atoms with Gasteiger partial charge in [0.25, 0.3) is 15.7 Å². The number of aliphatic carboxylic acids is 1. The van der Waals surface area contributed by atoms with Crippen LogP contribution < -0.4 is 4.31 Å². The summed E-state index contributed by atoms with van der Waals surface area (Å²) >= 11 is 0. The zero-order valence-corrected chi connectivity index (χ0v) is 13.1. The fraction of sp³-hybridized carbons (Fsp3) is 0.0714. The first-order valence-electron chi connectivity index (χ1n) is 6.57. The van der Waals surface area contributed by atoms with Gasteiger partial charge in [-0.3, -0.25) is 19.2 Å². The molecule has 0 aliphatic carbocycles. The molecule has 25 heavy (non-hydrogen) atoms. The summed E-state index contributed by atoms with van der Waals surface area (Å²) in [5.41, 5.74) is -0.963. The average Bonchev–Trinajstić information content (AvgIpc) is 2.55. The minimum absolute atomic E-state index is 0.316. The van der Waals surface area contributed by atoms with Crippen molar-refractivity contribution in [3.63, 3.8) is 0 Å². The quantitative estimate of drug-likeness (QED) is 0.613. The van der Waals surface area contributed by atoms with Crippen molar-refractivity contribution < 1.29 is 32.0 Å². The van der Waals surface area contributed by atoms with Crippen molar-refractivity contribution in [2.75, 3.05) is 10.8 Å². The lowest BCUT2D eigenvalue weighted by Gasteiger charge is -2.22. The van der Waals surface area contributed by atoms with Crippen LogP contribution in [0.25, 0.3) is 0 Å². The highest BCUT2D eigenvalue weighted by atomic mass is 32.2. The fourth-order valence-corrected chi connectivity index (χ4v) is 3.41. The number of nitro groups is 1. The Morgan fingerprint density at radius 3 is 2.40 bits per heavy atom. The number of hydrogen-bond acceptors (Lipinski definition) is 5. The molecule has 0 spiro atoms. The van der Waals surface area contributed by atoms with Crippen LogP contribution in [0.5, 0.6) is 0 Å². The van der Waals surface area contributed by atoms with Crippen LogP contribution in [0.2, 0.25) is 0 Å². The molecule has 0 aliphatic rings. The van der Waals surface area contributed by atoms with E-state index in [0.29, 0.717) is 16.4 Å². The van der Waals surface area contributed by atoms with Crippen LogP contribution in [0.4, 0.5) is 20.2 Å². The van der Waals surface area contributed by atoms with E-state index in [9.17, 15) is 32.1 Å². The van der Waals surface area contributed by atoms with Gasteiger partial charge >= 0.3 is 5.97 Å². The molecule has 0 radical (unpaired) electrons. The van der Waals surface area contributed by atoms with E-state index in [1.165, 1.54) is 0 Å². The van der Waals surface area contributed by atoms with Crippen molar-refractivity contribution in [3.05, 3.63) is 64.2 Å². The maximum atomic E-state index is 13.4. The second kappa shape index (κ2) is 6.81. The Labute approximate surface area is 140 Å². The molecule has 1 N–H and O–H groups in total. The number of halogens is 2. The summed E-state index contributed by atoms with van der Waals surface area (Å²) < 4.78 is 52.1. The van der Waals surface area contributed by atoms with Crippen LogP contribution in [0, 0.1) is 21.7 Å². The maximum absolute atomic E-state index is 13.4. The van der Waals surface area contributed by atoms with Gasteiger partial charge in [-0.05, 0) is 18.2 Å². The lowest BCUT2D eigenvalue weighted by atomic mass is 10.3.